The summed E-state index contributed by atoms with van der Waals surface area (Å²) >= 11 is 0. The number of imidazole rings is 1. The first kappa shape index (κ1) is 7.80. The molecule has 0 bridgehead atoms. The standard InChI is InChI=1S/C9H15N3/c1-10-8-2-3-9(6-8)12-5-4-11-7-12/h4-5,7-10H,2-3,6H2,1H3. The van der Waals surface area contributed by atoms with Gasteiger partial charge in [0.2, 0.25) is 0 Å². The van der Waals surface area contributed by atoms with E-state index in [4.69, 9.17) is 0 Å². The van der Waals surface area contributed by atoms with Crippen LogP contribution in [0.15, 0.2) is 18.7 Å². The number of nitrogens with one attached hydrogen (secondary N) is 1. The molecule has 1 fully saturated rings. The third-order valence-corrected chi connectivity index (χ3v) is 2.76. The van der Waals surface area contributed by atoms with Crippen LogP contribution in [0.5, 0.6) is 0 Å². The van der Waals surface area contributed by atoms with Gasteiger partial charge in [-0.05, 0) is 26.3 Å². The molecular formula is C9H15N3. The normalized spacial score (nSPS) is 29.4. The average Bonchev–Trinajstić information content (AvgIpc) is 2.75. The first-order valence-electron chi connectivity index (χ1n) is 4.55. The SMILES string of the molecule is CNC1CCC(n2ccnc2)C1. The fraction of sp³-hybridized carbons (Fsp3) is 0.667. The van der Waals surface area contributed by atoms with Crippen molar-refractivity contribution in [2.75, 3.05) is 7.05 Å². The fourth-order valence-electron chi connectivity index (χ4n) is 1.98. The molecule has 0 aliphatic heterocycles. The van der Waals surface area contributed by atoms with Crippen molar-refractivity contribution in [3.63, 3.8) is 0 Å². The Morgan fingerprint density at radius 2 is 2.42 bits per heavy atom. The minimum Gasteiger partial charge on any atom is -0.334 e. The van der Waals surface area contributed by atoms with E-state index >= 15 is 0 Å². The summed E-state index contributed by atoms with van der Waals surface area (Å²) in [6.45, 7) is 0. The number of aromatic nitrogens is 2. The van der Waals surface area contributed by atoms with Crippen molar-refractivity contribution in [1.82, 2.24) is 14.9 Å². The van der Waals surface area contributed by atoms with Crippen molar-refractivity contribution in [1.29, 1.82) is 0 Å². The Morgan fingerprint density at radius 1 is 1.50 bits per heavy atom. The summed E-state index contributed by atoms with van der Waals surface area (Å²) in [6.07, 6.45) is 9.65. The summed E-state index contributed by atoms with van der Waals surface area (Å²) in [4.78, 5) is 4.06. The summed E-state index contributed by atoms with van der Waals surface area (Å²) in [7, 11) is 2.04. The maximum absolute atomic E-state index is 4.06. The molecule has 1 aliphatic carbocycles. The predicted octanol–water partition coefficient (Wildman–Crippen LogP) is 1.20. The molecule has 1 N–H and O–H groups in total. The molecule has 0 aromatic carbocycles. The highest BCUT2D eigenvalue weighted by molar-refractivity contribution is 4.88. The maximum atomic E-state index is 4.06. The van der Waals surface area contributed by atoms with Gasteiger partial charge in [-0.1, -0.05) is 0 Å². The molecule has 2 rings (SSSR count). The first-order chi connectivity index (χ1) is 5.90. The molecule has 1 aromatic heterocycles. The van der Waals surface area contributed by atoms with Crippen molar-refractivity contribution in [3.8, 4) is 0 Å². The van der Waals surface area contributed by atoms with E-state index in [-0.39, 0.29) is 0 Å². The highest BCUT2D eigenvalue weighted by Gasteiger charge is 2.23. The van der Waals surface area contributed by atoms with Crippen LogP contribution in [0, 0.1) is 0 Å². The molecule has 0 spiro atoms. The molecular weight excluding hydrogens is 150 g/mol. The van der Waals surface area contributed by atoms with Crippen LogP contribution in [0.1, 0.15) is 25.3 Å². The largest absolute Gasteiger partial charge is 0.334 e. The monoisotopic (exact) mass is 165 g/mol. The molecule has 0 amide bonds. The first-order valence-corrected chi connectivity index (χ1v) is 4.55. The lowest BCUT2D eigenvalue weighted by molar-refractivity contribution is 0.492. The van der Waals surface area contributed by atoms with E-state index in [9.17, 15) is 0 Å². The smallest absolute Gasteiger partial charge is 0.0948 e. The molecule has 3 heteroatoms. The molecule has 2 unspecified atom stereocenters. The second-order valence-corrected chi connectivity index (χ2v) is 3.46. The minimum atomic E-state index is 0.671. The van der Waals surface area contributed by atoms with Gasteiger partial charge in [-0.3, -0.25) is 0 Å². The van der Waals surface area contributed by atoms with Crippen molar-refractivity contribution in [3.05, 3.63) is 18.7 Å². The van der Waals surface area contributed by atoms with Gasteiger partial charge >= 0.3 is 0 Å². The van der Waals surface area contributed by atoms with Crippen LogP contribution in [0.2, 0.25) is 0 Å². The Balaban J connectivity index is 2.00. The van der Waals surface area contributed by atoms with E-state index < -0.39 is 0 Å². The number of rotatable bonds is 2. The molecule has 1 heterocycles. The molecule has 1 aromatic rings. The molecule has 66 valence electrons. The van der Waals surface area contributed by atoms with Crippen molar-refractivity contribution >= 4 is 0 Å². The second kappa shape index (κ2) is 3.27. The predicted molar refractivity (Wildman–Crippen MR) is 48.0 cm³/mol. The lowest BCUT2D eigenvalue weighted by atomic mass is 10.2. The zero-order valence-electron chi connectivity index (χ0n) is 7.40. The van der Waals surface area contributed by atoms with Gasteiger partial charge in [0.25, 0.3) is 0 Å². The van der Waals surface area contributed by atoms with Gasteiger partial charge in [0, 0.05) is 24.5 Å². The zero-order valence-corrected chi connectivity index (χ0v) is 7.40. The van der Waals surface area contributed by atoms with Gasteiger partial charge in [-0.2, -0.15) is 0 Å². The van der Waals surface area contributed by atoms with E-state index in [2.05, 4.69) is 21.1 Å². The van der Waals surface area contributed by atoms with E-state index in [1.54, 1.807) is 0 Å². The van der Waals surface area contributed by atoms with E-state index in [0.717, 1.165) is 0 Å². The van der Waals surface area contributed by atoms with Crippen LogP contribution in [0.25, 0.3) is 0 Å². The third-order valence-electron chi connectivity index (χ3n) is 2.76. The Bertz CT molecular complexity index is 230. The lowest BCUT2D eigenvalue weighted by Gasteiger charge is -2.11. The van der Waals surface area contributed by atoms with E-state index in [1.807, 2.05) is 19.6 Å². The summed E-state index contributed by atoms with van der Waals surface area (Å²) in [5.41, 5.74) is 0. The highest BCUT2D eigenvalue weighted by Crippen LogP contribution is 2.29. The Labute approximate surface area is 72.8 Å². The van der Waals surface area contributed by atoms with Gasteiger partial charge < -0.3 is 9.88 Å². The number of nitrogens with zero attached hydrogens (tertiary/aromatic N) is 2. The third kappa shape index (κ3) is 1.37. The molecule has 3 nitrogen and oxygen atoms in total. The number of hydrogen-bond donors (Lipinski definition) is 1. The summed E-state index contributed by atoms with van der Waals surface area (Å²) in [5.74, 6) is 0. The Morgan fingerprint density at radius 3 is 3.00 bits per heavy atom. The Kier molecular flexibility index (Phi) is 2.13. The van der Waals surface area contributed by atoms with Crippen molar-refractivity contribution < 1.29 is 0 Å². The van der Waals surface area contributed by atoms with Gasteiger partial charge in [0.1, 0.15) is 0 Å². The van der Waals surface area contributed by atoms with E-state index in [0.29, 0.717) is 12.1 Å². The second-order valence-electron chi connectivity index (χ2n) is 3.46. The van der Waals surface area contributed by atoms with Crippen molar-refractivity contribution in [2.24, 2.45) is 0 Å². The topological polar surface area (TPSA) is 29.9 Å². The quantitative estimate of drug-likeness (QED) is 0.713. The van der Waals surface area contributed by atoms with Gasteiger partial charge in [0.15, 0.2) is 0 Å². The van der Waals surface area contributed by atoms with Crippen molar-refractivity contribution in [2.45, 2.75) is 31.3 Å². The van der Waals surface area contributed by atoms with Crippen LogP contribution in [0.3, 0.4) is 0 Å². The van der Waals surface area contributed by atoms with Gasteiger partial charge in [0.05, 0.1) is 6.33 Å². The molecule has 2 atom stereocenters. The molecule has 1 aliphatic rings. The van der Waals surface area contributed by atoms with Gasteiger partial charge in [-0.15, -0.1) is 0 Å². The summed E-state index contributed by atoms with van der Waals surface area (Å²) < 4.78 is 2.22. The molecule has 12 heavy (non-hydrogen) atoms. The number of hydrogen-bond acceptors (Lipinski definition) is 2. The molecule has 0 radical (unpaired) electrons. The minimum absolute atomic E-state index is 0.671. The molecule has 1 saturated carbocycles. The van der Waals surface area contributed by atoms with Crippen LogP contribution in [-0.4, -0.2) is 22.6 Å². The maximum Gasteiger partial charge on any atom is 0.0948 e. The molecule has 0 saturated heterocycles. The zero-order chi connectivity index (χ0) is 8.39. The van der Waals surface area contributed by atoms with E-state index in [1.165, 1.54) is 19.3 Å². The summed E-state index contributed by atoms with van der Waals surface area (Å²) in [5, 5.41) is 3.32. The highest BCUT2D eigenvalue weighted by atomic mass is 15.1. The average molecular weight is 165 g/mol. The summed E-state index contributed by atoms with van der Waals surface area (Å²) in [6, 6.07) is 1.38. The van der Waals surface area contributed by atoms with Gasteiger partial charge in [-0.25, -0.2) is 4.98 Å². The van der Waals surface area contributed by atoms with Crippen LogP contribution in [-0.2, 0) is 0 Å². The van der Waals surface area contributed by atoms with Crippen LogP contribution < -0.4 is 5.32 Å². The fourth-order valence-corrected chi connectivity index (χ4v) is 1.98. The lowest BCUT2D eigenvalue weighted by Crippen LogP contribution is -2.21. The Hall–Kier alpha value is -0.830. The van der Waals surface area contributed by atoms with Crippen LogP contribution >= 0.6 is 0 Å². The van der Waals surface area contributed by atoms with Crippen LogP contribution in [0.4, 0.5) is 0 Å².